The Morgan fingerprint density at radius 2 is 1.85 bits per heavy atom. The number of aliphatic hydroxyl groups excluding tert-OH is 1. The van der Waals surface area contributed by atoms with Crippen LogP contribution in [-0.2, 0) is 12.0 Å². The topological polar surface area (TPSA) is 74.4 Å². The Bertz CT molecular complexity index is 1000. The number of anilines is 1. The summed E-state index contributed by atoms with van der Waals surface area (Å²) < 4.78 is 37.8. The molecule has 0 unspecified atom stereocenters. The van der Waals surface area contributed by atoms with Crippen LogP contribution >= 0.6 is 0 Å². The summed E-state index contributed by atoms with van der Waals surface area (Å²) in [6.45, 7) is 2.21. The number of aromatic nitrogens is 1. The van der Waals surface area contributed by atoms with E-state index in [4.69, 9.17) is 5.73 Å². The Hall–Kier alpha value is -2.16. The minimum Gasteiger partial charge on any atom is -0.393 e. The van der Waals surface area contributed by atoms with Crippen molar-refractivity contribution in [3.05, 3.63) is 47.7 Å². The van der Waals surface area contributed by atoms with Crippen molar-refractivity contribution in [3.63, 3.8) is 0 Å². The third kappa shape index (κ3) is 5.09. The lowest BCUT2D eigenvalue weighted by molar-refractivity contribution is -0.137. The largest absolute Gasteiger partial charge is 0.393 e. The van der Waals surface area contributed by atoms with Crippen LogP contribution in [-0.4, -0.2) is 52.9 Å². The number of aliphatic hydroxyl groups is 1. The quantitative estimate of drug-likeness (QED) is 0.560. The van der Waals surface area contributed by atoms with Gasteiger partial charge in [0.25, 0.3) is 0 Å². The van der Waals surface area contributed by atoms with E-state index in [0.717, 1.165) is 55.3 Å². The molecule has 8 heteroatoms. The third-order valence-corrected chi connectivity index (χ3v) is 8.00. The molecule has 1 aromatic heterocycles. The van der Waals surface area contributed by atoms with Crippen molar-refractivity contribution in [1.29, 1.82) is 0 Å². The zero-order chi connectivity index (χ0) is 23.9. The molecule has 2 aromatic rings. The van der Waals surface area contributed by atoms with Gasteiger partial charge in [-0.2, -0.15) is 13.2 Å². The molecule has 4 N–H and O–H groups in total. The van der Waals surface area contributed by atoms with Gasteiger partial charge in [-0.15, -0.1) is 0 Å². The number of likely N-dealkylation sites (tertiary alicyclic amines) is 1. The van der Waals surface area contributed by atoms with Gasteiger partial charge in [0, 0.05) is 55.0 Å². The van der Waals surface area contributed by atoms with Crippen LogP contribution in [0.4, 0.5) is 19.0 Å². The lowest BCUT2D eigenvalue weighted by Gasteiger charge is -2.26. The van der Waals surface area contributed by atoms with E-state index < -0.39 is 12.6 Å². The minimum atomic E-state index is -4.10. The second-order valence-corrected chi connectivity index (χ2v) is 10.4. The van der Waals surface area contributed by atoms with E-state index in [1.165, 1.54) is 5.56 Å². The predicted octanol–water partition coefficient (Wildman–Crippen LogP) is 4.25. The molecule has 2 saturated carbocycles. The van der Waals surface area contributed by atoms with Crippen LogP contribution in [0.3, 0.4) is 0 Å². The number of alkyl halides is 3. The van der Waals surface area contributed by atoms with E-state index in [1.54, 1.807) is 6.20 Å². The first-order valence-corrected chi connectivity index (χ1v) is 12.3. The number of hydrogen-bond donors (Lipinski definition) is 3. The highest BCUT2D eigenvalue weighted by atomic mass is 19.4. The molecule has 1 aromatic carbocycles. The first-order chi connectivity index (χ1) is 16.2. The molecule has 1 saturated heterocycles. The lowest BCUT2D eigenvalue weighted by Crippen LogP contribution is -2.34. The molecule has 0 amide bonds. The standard InChI is InChI=1S/C26H33F3N4O/c27-26(28,29)9-10-33-15-21-12-25(21,16-33)20-3-1-17(2-4-20)18-11-19(24(30)32-13-18)14-31-22-5-7-23(34)8-6-22/h1-4,11,13,21-23,31,34H,5-10,12,14-16H2,(H2,30,32)/t21-,22-,23-,25+/m1/s1. The maximum Gasteiger partial charge on any atom is 0.390 e. The van der Waals surface area contributed by atoms with Crippen LogP contribution < -0.4 is 11.1 Å². The summed E-state index contributed by atoms with van der Waals surface area (Å²) in [7, 11) is 0. The van der Waals surface area contributed by atoms with Crippen molar-refractivity contribution in [3.8, 4) is 11.1 Å². The maximum absolute atomic E-state index is 12.6. The summed E-state index contributed by atoms with van der Waals surface area (Å²) in [5, 5.41) is 13.2. The van der Waals surface area contributed by atoms with Crippen LogP contribution in [0.15, 0.2) is 36.5 Å². The van der Waals surface area contributed by atoms with Gasteiger partial charge in [-0.1, -0.05) is 24.3 Å². The summed E-state index contributed by atoms with van der Waals surface area (Å²) >= 11 is 0. The molecule has 184 valence electrons. The first-order valence-electron chi connectivity index (χ1n) is 12.3. The number of piperidine rings is 1. The number of rotatable bonds is 7. The van der Waals surface area contributed by atoms with E-state index >= 15 is 0 Å². The second kappa shape index (κ2) is 9.13. The van der Waals surface area contributed by atoms with Gasteiger partial charge in [-0.05, 0) is 55.2 Å². The van der Waals surface area contributed by atoms with Crippen LogP contribution in [0, 0.1) is 5.92 Å². The van der Waals surface area contributed by atoms with Gasteiger partial charge in [0.15, 0.2) is 0 Å². The summed E-state index contributed by atoms with van der Waals surface area (Å²) in [5.41, 5.74) is 10.4. The molecule has 0 spiro atoms. The average Bonchev–Trinajstić information content (AvgIpc) is 3.39. The number of benzene rings is 1. The van der Waals surface area contributed by atoms with Crippen LogP contribution in [0.25, 0.3) is 11.1 Å². The molecular formula is C26H33F3N4O. The van der Waals surface area contributed by atoms with Gasteiger partial charge < -0.3 is 21.1 Å². The SMILES string of the molecule is Nc1ncc(-c2ccc([C@@]34C[C@@H]3CN(CCC(F)(F)F)C4)cc2)cc1CN[C@H]1CC[C@H](O)CC1. The highest BCUT2D eigenvalue weighted by molar-refractivity contribution is 5.66. The summed E-state index contributed by atoms with van der Waals surface area (Å²) in [5.74, 6) is 0.983. The Morgan fingerprint density at radius 3 is 2.56 bits per heavy atom. The van der Waals surface area contributed by atoms with E-state index in [-0.39, 0.29) is 18.1 Å². The molecular weight excluding hydrogens is 441 g/mol. The number of nitrogens with two attached hydrogens (primary N) is 1. The molecule has 3 fully saturated rings. The molecule has 5 nitrogen and oxygen atoms in total. The highest BCUT2D eigenvalue weighted by Crippen LogP contribution is 2.59. The zero-order valence-corrected chi connectivity index (χ0v) is 19.3. The van der Waals surface area contributed by atoms with Gasteiger partial charge in [0.1, 0.15) is 5.82 Å². The predicted molar refractivity (Wildman–Crippen MR) is 126 cm³/mol. The fourth-order valence-corrected chi connectivity index (χ4v) is 5.84. The van der Waals surface area contributed by atoms with Gasteiger partial charge >= 0.3 is 6.18 Å². The Morgan fingerprint density at radius 1 is 1.12 bits per heavy atom. The second-order valence-electron chi connectivity index (χ2n) is 10.4. The average molecular weight is 475 g/mol. The minimum absolute atomic E-state index is 0.0200. The number of nitrogens with one attached hydrogen (secondary N) is 1. The number of halogens is 3. The third-order valence-electron chi connectivity index (χ3n) is 8.00. The zero-order valence-electron chi connectivity index (χ0n) is 19.3. The van der Waals surface area contributed by atoms with Crippen molar-refractivity contribution in [2.45, 2.75) is 68.8 Å². The molecule has 2 atom stereocenters. The van der Waals surface area contributed by atoms with E-state index in [9.17, 15) is 18.3 Å². The number of nitrogens with zero attached hydrogens (tertiary/aromatic N) is 2. The molecule has 1 aliphatic heterocycles. The van der Waals surface area contributed by atoms with Crippen molar-refractivity contribution in [1.82, 2.24) is 15.2 Å². The number of hydrogen-bond acceptors (Lipinski definition) is 5. The molecule has 2 aliphatic carbocycles. The summed E-state index contributed by atoms with van der Waals surface area (Å²) in [4.78, 5) is 6.37. The normalized spacial score (nSPS) is 29.2. The highest BCUT2D eigenvalue weighted by Gasteiger charge is 2.60. The first kappa shape index (κ1) is 23.6. The monoisotopic (exact) mass is 474 g/mol. The van der Waals surface area contributed by atoms with E-state index in [0.29, 0.717) is 30.9 Å². The molecule has 3 aliphatic rings. The van der Waals surface area contributed by atoms with Crippen molar-refractivity contribution >= 4 is 5.82 Å². The molecule has 5 rings (SSSR count). The van der Waals surface area contributed by atoms with E-state index in [2.05, 4.69) is 40.6 Å². The fourth-order valence-electron chi connectivity index (χ4n) is 5.84. The summed E-state index contributed by atoms with van der Waals surface area (Å²) in [6, 6.07) is 10.9. The lowest BCUT2D eigenvalue weighted by atomic mass is 9.92. The maximum atomic E-state index is 12.6. The molecule has 2 heterocycles. The molecule has 0 bridgehead atoms. The smallest absolute Gasteiger partial charge is 0.390 e. The Labute approximate surface area is 198 Å². The van der Waals surface area contributed by atoms with Crippen molar-refractivity contribution in [2.24, 2.45) is 5.92 Å². The van der Waals surface area contributed by atoms with Crippen LogP contribution in [0.2, 0.25) is 0 Å². The van der Waals surface area contributed by atoms with Gasteiger partial charge in [-0.25, -0.2) is 4.98 Å². The molecule has 0 radical (unpaired) electrons. The molecule has 34 heavy (non-hydrogen) atoms. The fraction of sp³-hybridized carbons (Fsp3) is 0.577. The summed E-state index contributed by atoms with van der Waals surface area (Å²) in [6.07, 6.45) is 1.44. The van der Waals surface area contributed by atoms with Crippen LogP contribution in [0.5, 0.6) is 0 Å². The number of nitrogen functional groups attached to an aromatic ring is 1. The van der Waals surface area contributed by atoms with E-state index in [1.807, 2.05) is 4.90 Å². The van der Waals surface area contributed by atoms with Gasteiger partial charge in [-0.3, -0.25) is 0 Å². The van der Waals surface area contributed by atoms with Gasteiger partial charge in [0.05, 0.1) is 12.5 Å². The number of pyridine rings is 1. The van der Waals surface area contributed by atoms with Crippen LogP contribution in [0.1, 0.15) is 49.7 Å². The van der Waals surface area contributed by atoms with Gasteiger partial charge in [0.2, 0.25) is 0 Å². The Balaban J connectivity index is 1.22. The van der Waals surface area contributed by atoms with Crippen molar-refractivity contribution < 1.29 is 18.3 Å². The Kier molecular flexibility index (Phi) is 6.33. The number of fused-ring (bicyclic) bond motifs is 1. The van der Waals surface area contributed by atoms with Crippen molar-refractivity contribution in [2.75, 3.05) is 25.4 Å².